The first kappa shape index (κ1) is 14.9. The maximum absolute atomic E-state index is 9.65. The lowest BCUT2D eigenvalue weighted by atomic mass is 10.3. The van der Waals surface area contributed by atoms with Gasteiger partial charge in [-0.1, -0.05) is 0 Å². The minimum atomic E-state index is -1.31. The smallest absolute Gasteiger partial charge is 0.314 e. The maximum atomic E-state index is 9.65. The van der Waals surface area contributed by atoms with E-state index >= 15 is 0 Å². The van der Waals surface area contributed by atoms with E-state index in [4.69, 9.17) is 20.4 Å². The van der Waals surface area contributed by atoms with Gasteiger partial charge < -0.3 is 20.4 Å². The summed E-state index contributed by atoms with van der Waals surface area (Å²) in [6.07, 6.45) is -1.70. The van der Waals surface area contributed by atoms with Crippen LogP contribution in [-0.2, 0) is 14.4 Å². The quantitative estimate of drug-likeness (QED) is 0.453. The van der Waals surface area contributed by atoms with Crippen LogP contribution in [0.25, 0.3) is 0 Å². The summed E-state index contributed by atoms with van der Waals surface area (Å²) in [5, 5.41) is 31.7. The normalized spacial score (nSPS) is 10.7. The van der Waals surface area contributed by atoms with E-state index in [0.29, 0.717) is 0 Å². The minimum absolute atomic E-state index is 0.167. The van der Waals surface area contributed by atoms with E-state index in [9.17, 15) is 14.4 Å². The molecule has 1 atom stereocenters. The first-order valence-corrected chi connectivity index (χ1v) is 3.59. The number of aliphatic carboxylic acids is 3. The van der Waals surface area contributed by atoms with Gasteiger partial charge in [-0.15, -0.1) is 0 Å². The zero-order valence-corrected chi connectivity index (χ0v) is 7.51. The highest BCUT2D eigenvalue weighted by atomic mass is 16.4. The zero-order valence-electron chi connectivity index (χ0n) is 7.51. The molecular formula is C7H12O7. The van der Waals surface area contributed by atoms with Gasteiger partial charge in [-0.25, -0.2) is 0 Å². The second-order valence-electron chi connectivity index (χ2n) is 2.41. The Labute approximate surface area is 79.6 Å². The summed E-state index contributed by atoms with van der Waals surface area (Å²) in [6, 6.07) is 0. The molecule has 0 radical (unpaired) electrons. The molecule has 0 heterocycles. The van der Waals surface area contributed by atoms with E-state index in [0.717, 1.165) is 0 Å². The van der Waals surface area contributed by atoms with Gasteiger partial charge in [0.2, 0.25) is 0 Å². The lowest BCUT2D eigenvalue weighted by molar-refractivity contribution is -0.147. The van der Waals surface area contributed by atoms with Crippen molar-refractivity contribution in [3.8, 4) is 0 Å². The molecule has 7 nitrogen and oxygen atoms in total. The molecule has 7 heteroatoms. The Morgan fingerprint density at radius 1 is 1.00 bits per heavy atom. The molecule has 0 aromatic carbocycles. The number of rotatable bonds is 4. The van der Waals surface area contributed by atoms with Crippen molar-refractivity contribution in [2.45, 2.75) is 25.9 Å². The summed E-state index contributed by atoms with van der Waals surface area (Å²) in [5.74, 6) is -3.59. The fraction of sp³-hybridized carbons (Fsp3) is 0.571. The third-order valence-electron chi connectivity index (χ3n) is 0.772. The van der Waals surface area contributed by atoms with Gasteiger partial charge in [0.15, 0.2) is 0 Å². The summed E-state index contributed by atoms with van der Waals surface area (Å²) in [6.45, 7) is 1.44. The number of hydrogen-bond donors (Lipinski definition) is 4. The molecule has 0 amide bonds. The van der Waals surface area contributed by atoms with Gasteiger partial charge in [-0.2, -0.15) is 0 Å². The molecule has 0 saturated carbocycles. The predicted molar refractivity (Wildman–Crippen MR) is 43.8 cm³/mol. The Morgan fingerprint density at radius 2 is 1.36 bits per heavy atom. The first-order valence-electron chi connectivity index (χ1n) is 3.59. The molecule has 0 saturated heterocycles. The SMILES string of the molecule is CC(O)CC(=O)O.O=C(O)CC(=O)O. The second-order valence-corrected chi connectivity index (χ2v) is 2.41. The van der Waals surface area contributed by atoms with E-state index in [-0.39, 0.29) is 6.42 Å². The van der Waals surface area contributed by atoms with E-state index in [1.165, 1.54) is 6.92 Å². The Kier molecular flexibility index (Phi) is 8.49. The maximum Gasteiger partial charge on any atom is 0.314 e. The fourth-order valence-corrected chi connectivity index (χ4v) is 0.382. The molecule has 1 unspecified atom stereocenters. The summed E-state index contributed by atoms with van der Waals surface area (Å²) >= 11 is 0. The second kappa shape index (κ2) is 7.99. The minimum Gasteiger partial charge on any atom is -0.481 e. The molecule has 0 spiro atoms. The molecule has 0 aliphatic rings. The van der Waals surface area contributed by atoms with Gasteiger partial charge in [-0.05, 0) is 6.92 Å². The van der Waals surface area contributed by atoms with Crippen molar-refractivity contribution in [1.29, 1.82) is 0 Å². The summed E-state index contributed by atoms with van der Waals surface area (Å²) in [7, 11) is 0. The van der Waals surface area contributed by atoms with Crippen LogP contribution in [0.5, 0.6) is 0 Å². The average molecular weight is 208 g/mol. The van der Waals surface area contributed by atoms with Gasteiger partial charge in [0.1, 0.15) is 6.42 Å². The highest BCUT2D eigenvalue weighted by Gasteiger charge is 2.01. The van der Waals surface area contributed by atoms with Gasteiger partial charge in [0, 0.05) is 0 Å². The molecule has 82 valence electrons. The van der Waals surface area contributed by atoms with Crippen molar-refractivity contribution in [2.24, 2.45) is 0 Å². The standard InChI is InChI=1S/C4H8O3.C3H4O4/c1-3(5)2-4(6)7;4-2(5)1-3(6)7/h3,5H,2H2,1H3,(H,6,7);1H2,(H,4,5)(H,6,7). The third kappa shape index (κ3) is 22.4. The molecule has 4 N–H and O–H groups in total. The van der Waals surface area contributed by atoms with Crippen LogP contribution in [-0.4, -0.2) is 44.4 Å². The van der Waals surface area contributed by atoms with Crippen molar-refractivity contribution in [1.82, 2.24) is 0 Å². The van der Waals surface area contributed by atoms with Gasteiger partial charge in [0.25, 0.3) is 0 Å². The number of aliphatic hydroxyl groups excluding tert-OH is 1. The zero-order chi connectivity index (χ0) is 11.7. The first-order chi connectivity index (χ1) is 6.25. The molecule has 0 aromatic rings. The Bertz CT molecular complexity index is 196. The van der Waals surface area contributed by atoms with Crippen molar-refractivity contribution < 1.29 is 34.8 Å². The molecule has 0 aliphatic heterocycles. The summed E-state index contributed by atoms with van der Waals surface area (Å²) < 4.78 is 0. The van der Waals surface area contributed by atoms with Crippen LogP contribution in [0.2, 0.25) is 0 Å². The molecule has 14 heavy (non-hydrogen) atoms. The van der Waals surface area contributed by atoms with Crippen LogP contribution in [0.3, 0.4) is 0 Å². The van der Waals surface area contributed by atoms with Crippen LogP contribution >= 0.6 is 0 Å². The van der Waals surface area contributed by atoms with Crippen LogP contribution in [0.15, 0.2) is 0 Å². The third-order valence-corrected chi connectivity index (χ3v) is 0.772. The van der Waals surface area contributed by atoms with Crippen molar-refractivity contribution in [2.75, 3.05) is 0 Å². The molecule has 0 aromatic heterocycles. The van der Waals surface area contributed by atoms with Crippen molar-refractivity contribution >= 4 is 17.9 Å². The van der Waals surface area contributed by atoms with Gasteiger partial charge >= 0.3 is 17.9 Å². The fourth-order valence-electron chi connectivity index (χ4n) is 0.382. The Balaban J connectivity index is 0. The summed E-state index contributed by atoms with van der Waals surface area (Å²) in [4.78, 5) is 28.5. The van der Waals surface area contributed by atoms with Crippen LogP contribution in [0.1, 0.15) is 19.8 Å². The average Bonchev–Trinajstić information content (AvgIpc) is 1.79. The number of carboxylic acids is 3. The van der Waals surface area contributed by atoms with Crippen LogP contribution in [0, 0.1) is 0 Å². The van der Waals surface area contributed by atoms with Crippen LogP contribution < -0.4 is 0 Å². The van der Waals surface area contributed by atoms with Crippen LogP contribution in [0.4, 0.5) is 0 Å². The topological polar surface area (TPSA) is 132 Å². The van der Waals surface area contributed by atoms with E-state index in [1.807, 2.05) is 0 Å². The lowest BCUT2D eigenvalue weighted by Gasteiger charge is -1.94. The van der Waals surface area contributed by atoms with Crippen molar-refractivity contribution in [3.05, 3.63) is 0 Å². The monoisotopic (exact) mass is 208 g/mol. The number of hydrogen-bond acceptors (Lipinski definition) is 4. The molecule has 0 bridgehead atoms. The molecule has 0 fully saturated rings. The molecular weight excluding hydrogens is 196 g/mol. The molecule has 0 aliphatic carbocycles. The predicted octanol–water partition coefficient (Wildman–Crippen LogP) is -0.612. The van der Waals surface area contributed by atoms with E-state index in [1.54, 1.807) is 0 Å². The van der Waals surface area contributed by atoms with E-state index in [2.05, 4.69) is 0 Å². The number of aliphatic hydroxyl groups is 1. The molecule has 0 rings (SSSR count). The van der Waals surface area contributed by atoms with Gasteiger partial charge in [0.05, 0.1) is 12.5 Å². The van der Waals surface area contributed by atoms with Gasteiger partial charge in [-0.3, -0.25) is 14.4 Å². The highest BCUT2D eigenvalue weighted by Crippen LogP contribution is 1.85. The largest absolute Gasteiger partial charge is 0.481 e. The van der Waals surface area contributed by atoms with Crippen molar-refractivity contribution in [3.63, 3.8) is 0 Å². The highest BCUT2D eigenvalue weighted by molar-refractivity contribution is 5.88. The van der Waals surface area contributed by atoms with E-state index < -0.39 is 30.4 Å². The lowest BCUT2D eigenvalue weighted by Crippen LogP contribution is -2.07. The Morgan fingerprint density at radius 3 is 1.36 bits per heavy atom. The number of carboxylic acid groups (broad SMARTS) is 3. The summed E-state index contributed by atoms with van der Waals surface area (Å²) in [5.41, 5.74) is 0. The Hall–Kier alpha value is -1.63. The number of carbonyl (C=O) groups is 3.